The minimum atomic E-state index is -0.486. The quantitative estimate of drug-likeness (QED) is 0.647. The maximum absolute atomic E-state index is 14.8. The van der Waals surface area contributed by atoms with E-state index in [0.29, 0.717) is 23.4 Å². The molecule has 0 spiro atoms. The van der Waals surface area contributed by atoms with E-state index in [-0.39, 0.29) is 34.8 Å². The number of nitrogen functional groups attached to an aromatic ring is 1. The molecular formula is C20H20FN5O2. The van der Waals surface area contributed by atoms with Gasteiger partial charge in [0.25, 0.3) is 5.91 Å². The Kier molecular flexibility index (Phi) is 4.26. The molecule has 3 aromatic rings. The van der Waals surface area contributed by atoms with Crippen LogP contribution in [0.25, 0.3) is 16.8 Å². The summed E-state index contributed by atoms with van der Waals surface area (Å²) in [6, 6.07) is 6.35. The van der Waals surface area contributed by atoms with Gasteiger partial charge in [-0.15, -0.1) is 0 Å². The predicted molar refractivity (Wildman–Crippen MR) is 105 cm³/mol. The molecule has 1 aliphatic rings. The van der Waals surface area contributed by atoms with Crippen LogP contribution in [-0.4, -0.2) is 27.7 Å². The number of hydrogen-bond donors (Lipinski definition) is 3. The summed E-state index contributed by atoms with van der Waals surface area (Å²) in [4.78, 5) is 28.9. The minimum Gasteiger partial charge on any atom is -0.383 e. The van der Waals surface area contributed by atoms with Gasteiger partial charge in [-0.2, -0.15) is 0 Å². The number of nitrogens with one attached hydrogen (secondary N) is 2. The monoisotopic (exact) mass is 381 g/mol. The summed E-state index contributed by atoms with van der Waals surface area (Å²) in [6.07, 6.45) is 2.45. The first kappa shape index (κ1) is 18.0. The summed E-state index contributed by atoms with van der Waals surface area (Å²) in [5, 5.41) is 5.51. The Morgan fingerprint density at radius 2 is 2.18 bits per heavy atom. The molecule has 0 bridgehead atoms. The van der Waals surface area contributed by atoms with Crippen molar-refractivity contribution in [3.8, 4) is 11.1 Å². The smallest absolute Gasteiger partial charge is 0.273 e. The molecule has 4 N–H and O–H groups in total. The molecule has 0 aliphatic carbocycles. The molecule has 0 saturated carbocycles. The van der Waals surface area contributed by atoms with Gasteiger partial charge >= 0.3 is 0 Å². The second kappa shape index (κ2) is 6.63. The lowest BCUT2D eigenvalue weighted by molar-refractivity contribution is -0.116. The SMILES string of the molecule is CCCNC(=O)c1nc2c(-c3c(F)ccc4c3NC(=O)C4C)cccn2c1N. The molecule has 1 aliphatic heterocycles. The number of rotatable bonds is 4. The van der Waals surface area contributed by atoms with E-state index in [2.05, 4.69) is 15.6 Å². The van der Waals surface area contributed by atoms with E-state index < -0.39 is 5.82 Å². The predicted octanol–water partition coefficient (Wildman–Crippen LogP) is 2.92. The van der Waals surface area contributed by atoms with Crippen LogP contribution in [-0.2, 0) is 4.79 Å². The fourth-order valence-electron chi connectivity index (χ4n) is 3.50. The average Bonchev–Trinajstić information content (AvgIpc) is 3.17. The number of anilines is 2. The van der Waals surface area contributed by atoms with Crippen molar-refractivity contribution in [1.82, 2.24) is 14.7 Å². The molecule has 0 saturated heterocycles. The van der Waals surface area contributed by atoms with Gasteiger partial charge in [-0.1, -0.05) is 13.0 Å². The zero-order valence-electron chi connectivity index (χ0n) is 15.5. The number of pyridine rings is 1. The van der Waals surface area contributed by atoms with Crippen molar-refractivity contribution >= 4 is 29.0 Å². The number of hydrogen-bond acceptors (Lipinski definition) is 4. The van der Waals surface area contributed by atoms with Gasteiger partial charge in [-0.3, -0.25) is 14.0 Å². The van der Waals surface area contributed by atoms with Crippen molar-refractivity contribution in [1.29, 1.82) is 0 Å². The number of carbonyl (C=O) groups excluding carboxylic acids is 2. The molecule has 0 fully saturated rings. The number of aromatic nitrogens is 2. The molecule has 0 radical (unpaired) electrons. The Labute approximate surface area is 160 Å². The van der Waals surface area contributed by atoms with Crippen molar-refractivity contribution in [3.05, 3.63) is 47.5 Å². The van der Waals surface area contributed by atoms with Crippen molar-refractivity contribution in [2.75, 3.05) is 17.6 Å². The van der Waals surface area contributed by atoms with E-state index in [9.17, 15) is 14.0 Å². The highest BCUT2D eigenvalue weighted by molar-refractivity contribution is 6.08. The molecular weight excluding hydrogens is 361 g/mol. The van der Waals surface area contributed by atoms with E-state index in [1.54, 1.807) is 35.7 Å². The van der Waals surface area contributed by atoms with Crippen molar-refractivity contribution in [2.24, 2.45) is 0 Å². The van der Waals surface area contributed by atoms with Crippen LogP contribution in [0.15, 0.2) is 30.5 Å². The maximum Gasteiger partial charge on any atom is 0.273 e. The number of imidazole rings is 1. The first-order valence-electron chi connectivity index (χ1n) is 9.12. The molecule has 1 aromatic carbocycles. The highest BCUT2D eigenvalue weighted by Crippen LogP contribution is 2.42. The molecule has 1 unspecified atom stereocenters. The zero-order valence-corrected chi connectivity index (χ0v) is 15.5. The van der Waals surface area contributed by atoms with E-state index >= 15 is 0 Å². The molecule has 2 amide bonds. The van der Waals surface area contributed by atoms with E-state index in [0.717, 1.165) is 12.0 Å². The fraction of sp³-hybridized carbons (Fsp3) is 0.250. The van der Waals surface area contributed by atoms with Gasteiger partial charge in [0, 0.05) is 23.9 Å². The van der Waals surface area contributed by atoms with E-state index in [1.807, 2.05) is 6.92 Å². The zero-order chi connectivity index (χ0) is 20.0. The molecule has 3 heterocycles. The third-order valence-corrected chi connectivity index (χ3v) is 5.00. The first-order valence-corrected chi connectivity index (χ1v) is 9.12. The molecule has 1 atom stereocenters. The van der Waals surface area contributed by atoms with Crippen LogP contribution in [0, 0.1) is 5.82 Å². The first-order chi connectivity index (χ1) is 13.4. The normalized spacial score (nSPS) is 15.5. The van der Waals surface area contributed by atoms with Gasteiger partial charge in [0.2, 0.25) is 5.91 Å². The lowest BCUT2D eigenvalue weighted by Crippen LogP contribution is -2.25. The number of nitrogens with zero attached hydrogens (tertiary/aromatic N) is 2. The molecule has 7 nitrogen and oxygen atoms in total. The summed E-state index contributed by atoms with van der Waals surface area (Å²) in [7, 11) is 0. The van der Waals surface area contributed by atoms with Crippen LogP contribution in [0.5, 0.6) is 0 Å². The van der Waals surface area contributed by atoms with Gasteiger partial charge in [0.15, 0.2) is 5.69 Å². The Morgan fingerprint density at radius 1 is 1.39 bits per heavy atom. The summed E-state index contributed by atoms with van der Waals surface area (Å²) in [5.74, 6) is -1.24. The fourth-order valence-corrected chi connectivity index (χ4v) is 3.50. The molecule has 144 valence electrons. The highest BCUT2D eigenvalue weighted by atomic mass is 19.1. The summed E-state index contributed by atoms with van der Waals surface area (Å²) in [6.45, 7) is 4.22. The van der Waals surface area contributed by atoms with Crippen molar-refractivity contribution in [3.63, 3.8) is 0 Å². The average molecular weight is 381 g/mol. The number of halogens is 1. The van der Waals surface area contributed by atoms with Crippen LogP contribution >= 0.6 is 0 Å². The number of amides is 2. The lowest BCUT2D eigenvalue weighted by Gasteiger charge is -2.11. The minimum absolute atomic E-state index is 0.0892. The lowest BCUT2D eigenvalue weighted by atomic mass is 9.96. The number of carbonyl (C=O) groups is 2. The van der Waals surface area contributed by atoms with Gasteiger partial charge in [-0.25, -0.2) is 9.37 Å². The van der Waals surface area contributed by atoms with Crippen molar-refractivity contribution in [2.45, 2.75) is 26.2 Å². The molecule has 28 heavy (non-hydrogen) atoms. The van der Waals surface area contributed by atoms with Crippen molar-refractivity contribution < 1.29 is 14.0 Å². The van der Waals surface area contributed by atoms with Crippen LogP contribution < -0.4 is 16.4 Å². The van der Waals surface area contributed by atoms with Crippen LogP contribution in [0.4, 0.5) is 15.9 Å². The molecule has 8 heteroatoms. The summed E-state index contributed by atoms with van der Waals surface area (Å²) in [5.41, 5.74) is 8.42. The second-order valence-corrected chi connectivity index (χ2v) is 6.81. The largest absolute Gasteiger partial charge is 0.383 e. The maximum atomic E-state index is 14.8. The number of nitrogens with two attached hydrogens (primary N) is 1. The summed E-state index contributed by atoms with van der Waals surface area (Å²) < 4.78 is 16.4. The third-order valence-electron chi connectivity index (χ3n) is 5.00. The van der Waals surface area contributed by atoms with Crippen LogP contribution in [0.2, 0.25) is 0 Å². The third kappa shape index (κ3) is 2.60. The van der Waals surface area contributed by atoms with E-state index in [1.165, 1.54) is 6.07 Å². The Hall–Kier alpha value is -3.42. The van der Waals surface area contributed by atoms with Gasteiger partial charge < -0.3 is 16.4 Å². The topological polar surface area (TPSA) is 102 Å². The van der Waals surface area contributed by atoms with Gasteiger partial charge in [-0.05, 0) is 37.1 Å². The Balaban J connectivity index is 1.93. The second-order valence-electron chi connectivity index (χ2n) is 6.81. The Bertz CT molecular complexity index is 1120. The molecule has 2 aromatic heterocycles. The Morgan fingerprint density at radius 3 is 2.93 bits per heavy atom. The van der Waals surface area contributed by atoms with Gasteiger partial charge in [0.05, 0.1) is 11.6 Å². The summed E-state index contributed by atoms with van der Waals surface area (Å²) >= 11 is 0. The van der Waals surface area contributed by atoms with Crippen LogP contribution in [0.3, 0.4) is 0 Å². The van der Waals surface area contributed by atoms with E-state index in [4.69, 9.17) is 5.73 Å². The van der Waals surface area contributed by atoms with Gasteiger partial charge in [0.1, 0.15) is 17.3 Å². The molecule has 4 rings (SSSR count). The highest BCUT2D eigenvalue weighted by Gasteiger charge is 2.31. The number of benzene rings is 1. The standard InChI is InChI=1S/C20H20FN5O2/c1-3-8-23-20(28)16-17(22)26-9-4-5-12(18(26)24-16)14-13(21)7-6-11-10(2)19(27)25-15(11)14/h4-7,9-10H,3,8,22H2,1-2H3,(H,23,28)(H,25,27). The van der Waals surface area contributed by atoms with Crippen LogP contribution in [0.1, 0.15) is 42.2 Å². The number of fused-ring (bicyclic) bond motifs is 2.